The second-order valence-electron chi connectivity index (χ2n) is 7.74. The molecule has 6 nitrogen and oxygen atoms in total. The van der Waals surface area contributed by atoms with E-state index in [9.17, 15) is 14.4 Å². The Morgan fingerprint density at radius 2 is 1.94 bits per heavy atom. The molecule has 2 aromatic carbocycles. The molecule has 2 heterocycles. The number of ether oxygens (including phenoxy) is 1. The smallest absolute Gasteiger partial charge is 0.312 e. The van der Waals surface area contributed by atoms with E-state index >= 15 is 0 Å². The van der Waals surface area contributed by atoms with E-state index in [1.165, 1.54) is 22.5 Å². The minimum atomic E-state index is -0.510. The van der Waals surface area contributed by atoms with Crippen LogP contribution in [0.15, 0.2) is 47.8 Å². The average molecular weight is 433 g/mol. The van der Waals surface area contributed by atoms with Gasteiger partial charge in [0.2, 0.25) is 5.91 Å². The van der Waals surface area contributed by atoms with Crippen molar-refractivity contribution in [2.45, 2.75) is 25.7 Å². The van der Waals surface area contributed by atoms with Gasteiger partial charge < -0.3 is 4.74 Å². The molecule has 7 heteroatoms. The van der Waals surface area contributed by atoms with Gasteiger partial charge in [0, 0.05) is 23.9 Å². The Labute approximate surface area is 183 Å². The standard InChI is InChI=1S/C24H20N2O4S/c27-21(17-8-7-16-10-15-4-1-2-5-19(15)20(16)11-17)13-30-23(29)12-18-14-31-24(25-18)26-9-3-6-22(26)28/h1-2,4-5,7-8,11,14H,3,6,9-10,12-13H2. The van der Waals surface area contributed by atoms with Crippen LogP contribution >= 0.6 is 11.3 Å². The number of ketones is 1. The topological polar surface area (TPSA) is 76.6 Å². The zero-order valence-corrected chi connectivity index (χ0v) is 17.6. The van der Waals surface area contributed by atoms with Gasteiger partial charge in [0.1, 0.15) is 0 Å². The van der Waals surface area contributed by atoms with Crippen molar-refractivity contribution in [3.63, 3.8) is 0 Å². The van der Waals surface area contributed by atoms with E-state index in [-0.39, 0.29) is 24.7 Å². The normalized spacial score (nSPS) is 14.5. The monoisotopic (exact) mass is 432 g/mol. The number of carbonyl (C=O) groups is 3. The number of rotatable bonds is 6. The van der Waals surface area contributed by atoms with Crippen LogP contribution in [0.4, 0.5) is 5.13 Å². The Kier molecular flexibility index (Phi) is 5.11. The summed E-state index contributed by atoms with van der Waals surface area (Å²) in [5.41, 5.74) is 5.76. The molecule has 1 aliphatic carbocycles. The Balaban J connectivity index is 1.19. The molecule has 1 amide bonds. The Morgan fingerprint density at radius 3 is 2.77 bits per heavy atom. The summed E-state index contributed by atoms with van der Waals surface area (Å²) in [5, 5.41) is 2.36. The number of hydrogen-bond acceptors (Lipinski definition) is 6. The SMILES string of the molecule is O=C(Cc1csc(N2CCCC2=O)n1)OCC(=O)c1ccc2c(c1)-c1ccccc1C2. The molecule has 0 atom stereocenters. The number of nitrogens with zero attached hydrogens (tertiary/aromatic N) is 2. The molecule has 3 aromatic rings. The molecule has 0 bridgehead atoms. The van der Waals surface area contributed by atoms with Crippen molar-refractivity contribution >= 4 is 34.1 Å². The maximum atomic E-state index is 12.6. The van der Waals surface area contributed by atoms with Crippen LogP contribution in [-0.2, 0) is 27.2 Å². The van der Waals surface area contributed by atoms with Crippen molar-refractivity contribution in [2.24, 2.45) is 0 Å². The number of fused-ring (bicyclic) bond motifs is 3. The summed E-state index contributed by atoms with van der Waals surface area (Å²) in [5.74, 6) is -0.683. The largest absolute Gasteiger partial charge is 0.457 e. The van der Waals surface area contributed by atoms with E-state index in [1.54, 1.807) is 16.3 Å². The predicted octanol–water partition coefficient (Wildman–Crippen LogP) is 3.81. The van der Waals surface area contributed by atoms with Crippen LogP contribution in [0.2, 0.25) is 0 Å². The molecule has 1 aromatic heterocycles. The number of esters is 1. The third kappa shape index (κ3) is 3.88. The van der Waals surface area contributed by atoms with Crippen molar-refractivity contribution in [1.82, 2.24) is 4.98 Å². The highest BCUT2D eigenvalue weighted by Crippen LogP contribution is 2.36. The summed E-state index contributed by atoms with van der Waals surface area (Å²) in [6.45, 7) is 0.358. The third-order valence-electron chi connectivity index (χ3n) is 5.65. The number of aromatic nitrogens is 1. The summed E-state index contributed by atoms with van der Waals surface area (Å²) < 4.78 is 5.20. The molecule has 0 saturated carbocycles. The molecule has 2 aliphatic rings. The van der Waals surface area contributed by atoms with E-state index in [0.29, 0.717) is 29.4 Å². The quantitative estimate of drug-likeness (QED) is 0.342. The van der Waals surface area contributed by atoms with Crippen LogP contribution in [0.25, 0.3) is 11.1 Å². The Hall–Kier alpha value is -3.32. The lowest BCUT2D eigenvalue weighted by molar-refractivity contribution is -0.141. The molecule has 0 N–H and O–H groups in total. The van der Waals surface area contributed by atoms with E-state index in [2.05, 4.69) is 17.1 Å². The van der Waals surface area contributed by atoms with Crippen LogP contribution in [0.3, 0.4) is 0 Å². The second kappa shape index (κ2) is 8.07. The molecule has 1 saturated heterocycles. The summed E-state index contributed by atoms with van der Waals surface area (Å²) >= 11 is 1.34. The summed E-state index contributed by atoms with van der Waals surface area (Å²) in [7, 11) is 0. The lowest BCUT2D eigenvalue weighted by Gasteiger charge is -2.10. The summed E-state index contributed by atoms with van der Waals surface area (Å²) in [6.07, 6.45) is 2.20. The van der Waals surface area contributed by atoms with Crippen LogP contribution in [0.1, 0.15) is 40.0 Å². The zero-order valence-electron chi connectivity index (χ0n) is 16.8. The fourth-order valence-electron chi connectivity index (χ4n) is 4.08. The highest BCUT2D eigenvalue weighted by molar-refractivity contribution is 7.14. The van der Waals surface area contributed by atoms with Crippen molar-refractivity contribution in [3.8, 4) is 11.1 Å². The highest BCUT2D eigenvalue weighted by Gasteiger charge is 2.25. The molecule has 5 rings (SSSR count). The third-order valence-corrected chi connectivity index (χ3v) is 6.57. The van der Waals surface area contributed by atoms with E-state index in [4.69, 9.17) is 4.74 Å². The molecule has 0 radical (unpaired) electrons. The van der Waals surface area contributed by atoms with Gasteiger partial charge in [0.05, 0.1) is 12.1 Å². The Bertz CT molecular complexity index is 1200. The van der Waals surface area contributed by atoms with E-state index in [1.807, 2.05) is 24.3 Å². The number of anilines is 1. The lowest BCUT2D eigenvalue weighted by atomic mass is 10.0. The van der Waals surface area contributed by atoms with E-state index < -0.39 is 5.97 Å². The molecule has 156 valence electrons. The van der Waals surface area contributed by atoms with Crippen LogP contribution in [-0.4, -0.2) is 35.8 Å². The number of amides is 1. The van der Waals surface area contributed by atoms with Gasteiger partial charge >= 0.3 is 5.97 Å². The minimum Gasteiger partial charge on any atom is -0.457 e. The van der Waals surface area contributed by atoms with Gasteiger partial charge in [-0.25, -0.2) is 4.98 Å². The summed E-state index contributed by atoms with van der Waals surface area (Å²) in [4.78, 5) is 42.6. The molecule has 1 aliphatic heterocycles. The number of benzene rings is 2. The molecule has 31 heavy (non-hydrogen) atoms. The Morgan fingerprint density at radius 1 is 1.10 bits per heavy atom. The van der Waals surface area contributed by atoms with Crippen molar-refractivity contribution in [1.29, 1.82) is 0 Å². The molecule has 1 fully saturated rings. The van der Waals surface area contributed by atoms with Gasteiger partial charge in [-0.2, -0.15) is 0 Å². The van der Waals surface area contributed by atoms with Crippen molar-refractivity contribution in [3.05, 3.63) is 70.2 Å². The average Bonchev–Trinajstić information content (AvgIpc) is 3.49. The number of thiazole rings is 1. The zero-order chi connectivity index (χ0) is 21.4. The number of Topliss-reactive ketones (excluding diaryl/α,β-unsaturated/α-hetero) is 1. The molecule has 0 unspecified atom stereocenters. The first-order valence-electron chi connectivity index (χ1n) is 10.2. The van der Waals surface area contributed by atoms with Gasteiger partial charge in [-0.1, -0.05) is 36.4 Å². The lowest BCUT2D eigenvalue weighted by Crippen LogP contribution is -2.23. The van der Waals surface area contributed by atoms with Gasteiger partial charge in [0.25, 0.3) is 0 Å². The molecular formula is C24H20N2O4S. The van der Waals surface area contributed by atoms with Gasteiger partial charge in [-0.15, -0.1) is 11.3 Å². The fourth-order valence-corrected chi connectivity index (χ4v) is 4.95. The van der Waals surface area contributed by atoms with Gasteiger partial charge in [-0.3, -0.25) is 19.3 Å². The number of carbonyl (C=O) groups excluding carboxylic acids is 3. The molecule has 0 spiro atoms. The minimum absolute atomic E-state index is 0.0244. The summed E-state index contributed by atoms with van der Waals surface area (Å²) in [6, 6.07) is 13.8. The maximum Gasteiger partial charge on any atom is 0.312 e. The highest BCUT2D eigenvalue weighted by atomic mass is 32.1. The maximum absolute atomic E-state index is 12.6. The van der Waals surface area contributed by atoms with Gasteiger partial charge in [0.15, 0.2) is 17.5 Å². The first-order chi connectivity index (χ1) is 15.1. The van der Waals surface area contributed by atoms with Crippen LogP contribution in [0, 0.1) is 0 Å². The molecular weight excluding hydrogens is 412 g/mol. The predicted molar refractivity (Wildman–Crippen MR) is 117 cm³/mol. The first-order valence-corrected chi connectivity index (χ1v) is 11.1. The number of hydrogen-bond donors (Lipinski definition) is 0. The van der Waals surface area contributed by atoms with Crippen molar-refractivity contribution < 1.29 is 19.1 Å². The van der Waals surface area contributed by atoms with E-state index in [0.717, 1.165) is 24.0 Å². The van der Waals surface area contributed by atoms with Crippen LogP contribution < -0.4 is 4.90 Å². The second-order valence-corrected chi connectivity index (χ2v) is 8.57. The van der Waals surface area contributed by atoms with Crippen molar-refractivity contribution in [2.75, 3.05) is 18.1 Å². The van der Waals surface area contributed by atoms with Gasteiger partial charge in [-0.05, 0) is 41.2 Å². The first kappa shape index (κ1) is 19.6. The van der Waals surface area contributed by atoms with Crippen LogP contribution in [0.5, 0.6) is 0 Å². The fraction of sp³-hybridized carbons (Fsp3) is 0.250.